The van der Waals surface area contributed by atoms with Gasteiger partial charge in [0.05, 0.1) is 24.3 Å². The Morgan fingerprint density at radius 3 is 3.17 bits per heavy atom. The Labute approximate surface area is 69.3 Å². The van der Waals surface area contributed by atoms with Crippen molar-refractivity contribution < 1.29 is 4.84 Å². The minimum atomic E-state index is 0.606. The van der Waals surface area contributed by atoms with Gasteiger partial charge in [0.25, 0.3) is 0 Å². The van der Waals surface area contributed by atoms with Gasteiger partial charge in [0.15, 0.2) is 5.65 Å². The molecule has 0 aliphatic carbocycles. The van der Waals surface area contributed by atoms with Gasteiger partial charge in [-0.1, -0.05) is 0 Å². The zero-order valence-corrected chi connectivity index (χ0v) is 6.77. The van der Waals surface area contributed by atoms with E-state index in [0.717, 1.165) is 5.65 Å². The number of imidazole rings is 1. The summed E-state index contributed by atoms with van der Waals surface area (Å²) in [6, 6.07) is 0. The Kier molecular flexibility index (Phi) is 1.43. The molecule has 2 aromatic heterocycles. The Morgan fingerprint density at radius 1 is 1.58 bits per heavy atom. The summed E-state index contributed by atoms with van der Waals surface area (Å²) in [5, 5.41) is 4.01. The third-order valence-corrected chi connectivity index (χ3v) is 1.62. The van der Waals surface area contributed by atoms with E-state index in [4.69, 9.17) is 10.6 Å². The molecule has 0 atom stereocenters. The van der Waals surface area contributed by atoms with Crippen LogP contribution in [-0.4, -0.2) is 21.0 Å². The van der Waals surface area contributed by atoms with Crippen molar-refractivity contribution in [3.8, 4) is 0 Å². The molecule has 0 unspecified atom stereocenters. The van der Waals surface area contributed by atoms with Crippen LogP contribution in [0.25, 0.3) is 5.65 Å². The van der Waals surface area contributed by atoms with Crippen molar-refractivity contribution in [1.82, 2.24) is 14.3 Å². The predicted octanol–water partition coefficient (Wildman–Crippen LogP) is 0.167. The summed E-state index contributed by atoms with van der Waals surface area (Å²) in [5.41, 5.74) is 7.06. The number of hydrogen-bond donors (Lipinski definition) is 1. The molecule has 0 amide bonds. The highest BCUT2D eigenvalue weighted by Crippen LogP contribution is 2.11. The molecule has 5 heteroatoms. The van der Waals surface area contributed by atoms with Crippen molar-refractivity contribution in [1.29, 1.82) is 0 Å². The maximum atomic E-state index is 5.67. The second kappa shape index (κ2) is 2.44. The molecule has 0 aromatic carbocycles. The molecular weight excluding hydrogens is 156 g/mol. The Morgan fingerprint density at radius 2 is 2.42 bits per heavy atom. The maximum absolute atomic E-state index is 5.67. The topological polar surface area (TPSA) is 57.5 Å². The van der Waals surface area contributed by atoms with Gasteiger partial charge in [0.1, 0.15) is 6.61 Å². The van der Waals surface area contributed by atoms with Crippen molar-refractivity contribution in [2.75, 3.05) is 12.3 Å². The fraction of sp³-hybridized carbons (Fsp3) is 0.286. The molecule has 2 aromatic rings. The van der Waals surface area contributed by atoms with Crippen molar-refractivity contribution in [2.24, 2.45) is 0 Å². The summed E-state index contributed by atoms with van der Waals surface area (Å²) in [4.78, 5) is 5.27. The molecule has 0 spiro atoms. The minimum Gasteiger partial charge on any atom is -0.413 e. The normalized spacial score (nSPS) is 10.8. The molecule has 2 N–H and O–H groups in total. The quantitative estimate of drug-likeness (QED) is 0.691. The summed E-state index contributed by atoms with van der Waals surface area (Å²) >= 11 is 0. The monoisotopic (exact) mass is 166 g/mol. The van der Waals surface area contributed by atoms with Crippen LogP contribution in [0, 0.1) is 0 Å². The van der Waals surface area contributed by atoms with Gasteiger partial charge in [-0.3, -0.25) is 0 Å². The average molecular weight is 166 g/mol. The number of nitrogens with zero attached hydrogens (tertiary/aromatic N) is 3. The van der Waals surface area contributed by atoms with E-state index in [2.05, 4.69) is 5.10 Å². The molecular formula is C7H10N4O. The second-order valence-electron chi connectivity index (χ2n) is 2.41. The first-order valence-corrected chi connectivity index (χ1v) is 3.76. The molecule has 0 aliphatic heterocycles. The first-order valence-electron chi connectivity index (χ1n) is 3.76. The third-order valence-electron chi connectivity index (χ3n) is 1.62. The lowest BCUT2D eigenvalue weighted by molar-refractivity contribution is 0.131. The molecule has 2 heterocycles. The summed E-state index contributed by atoms with van der Waals surface area (Å²) < 4.78 is 3.29. The van der Waals surface area contributed by atoms with Crippen molar-refractivity contribution in [2.45, 2.75) is 6.92 Å². The summed E-state index contributed by atoms with van der Waals surface area (Å²) in [5.74, 6) is 0. The van der Waals surface area contributed by atoms with Crippen molar-refractivity contribution in [3.05, 3.63) is 18.6 Å². The summed E-state index contributed by atoms with van der Waals surface area (Å²) in [6.07, 6.45) is 5.18. The van der Waals surface area contributed by atoms with E-state index < -0.39 is 0 Å². The van der Waals surface area contributed by atoms with E-state index in [1.165, 1.54) is 0 Å². The van der Waals surface area contributed by atoms with Crippen LogP contribution in [0.15, 0.2) is 18.6 Å². The lowest BCUT2D eigenvalue weighted by Crippen LogP contribution is -2.09. The SMILES string of the molecule is CCOn1ccn2ncc(N)c12. The van der Waals surface area contributed by atoms with E-state index in [-0.39, 0.29) is 0 Å². The highest BCUT2D eigenvalue weighted by atomic mass is 16.7. The van der Waals surface area contributed by atoms with Crippen molar-refractivity contribution >= 4 is 11.3 Å². The molecule has 64 valence electrons. The van der Waals surface area contributed by atoms with Crippen LogP contribution in [0.5, 0.6) is 0 Å². The smallest absolute Gasteiger partial charge is 0.194 e. The van der Waals surface area contributed by atoms with Gasteiger partial charge in [-0.05, 0) is 6.92 Å². The van der Waals surface area contributed by atoms with E-state index in [0.29, 0.717) is 12.3 Å². The van der Waals surface area contributed by atoms with Crippen LogP contribution in [0.1, 0.15) is 6.92 Å². The Balaban J connectivity index is 2.59. The molecule has 0 saturated carbocycles. The molecule has 0 saturated heterocycles. The second-order valence-corrected chi connectivity index (χ2v) is 2.41. The van der Waals surface area contributed by atoms with Crippen LogP contribution in [-0.2, 0) is 0 Å². The van der Waals surface area contributed by atoms with Crippen LogP contribution >= 0.6 is 0 Å². The minimum absolute atomic E-state index is 0.606. The van der Waals surface area contributed by atoms with Crippen LogP contribution in [0.3, 0.4) is 0 Å². The van der Waals surface area contributed by atoms with Gasteiger partial charge in [-0.2, -0.15) is 9.83 Å². The summed E-state index contributed by atoms with van der Waals surface area (Å²) in [7, 11) is 0. The third kappa shape index (κ3) is 0.827. The molecule has 5 nitrogen and oxygen atoms in total. The lowest BCUT2D eigenvalue weighted by Gasteiger charge is -2.02. The average Bonchev–Trinajstić information content (AvgIpc) is 2.58. The highest BCUT2D eigenvalue weighted by Gasteiger charge is 2.05. The molecule has 0 aliphatic rings. The standard InChI is InChI=1S/C7H10N4O/c1-2-12-11-4-3-10-7(11)6(8)5-9-10/h3-5H,2,8H2,1H3. The molecule has 0 bridgehead atoms. The molecule has 12 heavy (non-hydrogen) atoms. The highest BCUT2D eigenvalue weighted by molar-refractivity contribution is 5.63. The van der Waals surface area contributed by atoms with Crippen LogP contribution in [0.4, 0.5) is 5.69 Å². The zero-order chi connectivity index (χ0) is 8.55. The van der Waals surface area contributed by atoms with Crippen LogP contribution in [0.2, 0.25) is 0 Å². The van der Waals surface area contributed by atoms with Gasteiger partial charge in [-0.25, -0.2) is 4.52 Å². The number of nitrogen functional groups attached to an aromatic ring is 1. The van der Waals surface area contributed by atoms with Gasteiger partial charge in [-0.15, -0.1) is 0 Å². The first kappa shape index (κ1) is 7.02. The van der Waals surface area contributed by atoms with Crippen LogP contribution < -0.4 is 10.6 Å². The number of fused-ring (bicyclic) bond motifs is 1. The fourth-order valence-corrected chi connectivity index (χ4v) is 1.14. The number of hydrogen-bond acceptors (Lipinski definition) is 3. The maximum Gasteiger partial charge on any atom is 0.194 e. The van der Waals surface area contributed by atoms with E-state index in [9.17, 15) is 0 Å². The number of nitrogens with two attached hydrogens (primary N) is 1. The zero-order valence-electron chi connectivity index (χ0n) is 6.77. The number of rotatable bonds is 2. The van der Waals surface area contributed by atoms with Gasteiger partial charge in [0, 0.05) is 0 Å². The van der Waals surface area contributed by atoms with E-state index >= 15 is 0 Å². The summed E-state index contributed by atoms with van der Waals surface area (Å²) in [6.45, 7) is 2.53. The number of anilines is 1. The van der Waals surface area contributed by atoms with Crippen molar-refractivity contribution in [3.63, 3.8) is 0 Å². The molecule has 0 fully saturated rings. The Bertz CT molecular complexity index is 389. The molecule has 2 rings (SSSR count). The van der Waals surface area contributed by atoms with E-state index in [1.807, 2.05) is 6.92 Å². The Hall–Kier alpha value is -1.65. The fourth-order valence-electron chi connectivity index (χ4n) is 1.14. The first-order chi connectivity index (χ1) is 5.83. The van der Waals surface area contributed by atoms with Gasteiger partial charge in [0.2, 0.25) is 0 Å². The van der Waals surface area contributed by atoms with Gasteiger partial charge < -0.3 is 10.6 Å². The predicted molar refractivity (Wildman–Crippen MR) is 44.7 cm³/mol. The van der Waals surface area contributed by atoms with E-state index in [1.54, 1.807) is 27.8 Å². The largest absolute Gasteiger partial charge is 0.413 e. The number of aromatic nitrogens is 3. The lowest BCUT2D eigenvalue weighted by atomic mass is 10.6. The van der Waals surface area contributed by atoms with Gasteiger partial charge >= 0.3 is 0 Å². The molecule has 0 radical (unpaired) electrons.